The standard InChI is InChI=1S/C18H20N2O4S/c21-16-7-6-14-8-10-20(13-15(14)12-16)18(22)19-9-11-25(23,24)17-4-2-1-3-5-17/h1-7,12,21H,8-11,13H2,(H,19,22). The van der Waals surface area contributed by atoms with Gasteiger partial charge >= 0.3 is 6.03 Å². The third-order valence-electron chi connectivity index (χ3n) is 4.24. The lowest BCUT2D eigenvalue weighted by Gasteiger charge is -2.29. The van der Waals surface area contributed by atoms with Crippen LogP contribution < -0.4 is 5.32 Å². The topological polar surface area (TPSA) is 86.7 Å². The van der Waals surface area contributed by atoms with Gasteiger partial charge in [0.25, 0.3) is 0 Å². The zero-order chi connectivity index (χ0) is 17.9. The van der Waals surface area contributed by atoms with Gasteiger partial charge in [-0.25, -0.2) is 13.2 Å². The summed E-state index contributed by atoms with van der Waals surface area (Å²) in [5.74, 6) is 0.0310. The van der Waals surface area contributed by atoms with E-state index in [0.717, 1.165) is 11.1 Å². The molecule has 0 spiro atoms. The number of nitrogens with one attached hydrogen (secondary N) is 1. The maximum Gasteiger partial charge on any atom is 0.317 e. The molecule has 2 aromatic carbocycles. The van der Waals surface area contributed by atoms with E-state index >= 15 is 0 Å². The molecule has 1 heterocycles. The quantitative estimate of drug-likeness (QED) is 0.872. The summed E-state index contributed by atoms with van der Waals surface area (Å²) in [6.45, 7) is 1.02. The maximum atomic E-state index is 12.3. The maximum absolute atomic E-state index is 12.3. The molecular formula is C18H20N2O4S. The first-order chi connectivity index (χ1) is 12.0. The van der Waals surface area contributed by atoms with Crippen LogP contribution in [0.1, 0.15) is 11.1 Å². The first-order valence-corrected chi connectivity index (χ1v) is 9.72. The first kappa shape index (κ1) is 17.3. The van der Waals surface area contributed by atoms with Crippen LogP contribution >= 0.6 is 0 Å². The zero-order valence-electron chi connectivity index (χ0n) is 13.7. The average Bonchev–Trinajstić information content (AvgIpc) is 2.61. The molecule has 6 nitrogen and oxygen atoms in total. The second kappa shape index (κ2) is 7.14. The van der Waals surface area contributed by atoms with Crippen LogP contribution in [0.5, 0.6) is 5.75 Å². The predicted molar refractivity (Wildman–Crippen MR) is 94.1 cm³/mol. The minimum absolute atomic E-state index is 0.0550. The van der Waals surface area contributed by atoms with Crippen LogP contribution in [-0.4, -0.2) is 43.3 Å². The molecule has 25 heavy (non-hydrogen) atoms. The SMILES string of the molecule is O=C(NCCS(=O)(=O)c1ccccc1)N1CCc2ccc(O)cc2C1. The van der Waals surface area contributed by atoms with Crippen molar-refractivity contribution in [1.82, 2.24) is 10.2 Å². The van der Waals surface area contributed by atoms with Crippen molar-refractivity contribution in [2.75, 3.05) is 18.8 Å². The van der Waals surface area contributed by atoms with Gasteiger partial charge in [-0.05, 0) is 41.8 Å². The molecule has 0 radical (unpaired) electrons. The monoisotopic (exact) mass is 360 g/mol. The Morgan fingerprint density at radius 2 is 1.88 bits per heavy atom. The third kappa shape index (κ3) is 4.11. The second-order valence-electron chi connectivity index (χ2n) is 5.99. The molecule has 7 heteroatoms. The van der Waals surface area contributed by atoms with Gasteiger partial charge in [0.05, 0.1) is 10.6 Å². The number of carbonyl (C=O) groups excluding carboxylic acids is 1. The number of hydrogen-bond acceptors (Lipinski definition) is 4. The van der Waals surface area contributed by atoms with Crippen LogP contribution in [0, 0.1) is 0 Å². The van der Waals surface area contributed by atoms with Gasteiger partial charge in [-0.2, -0.15) is 0 Å². The third-order valence-corrected chi connectivity index (χ3v) is 5.97. The molecule has 2 N–H and O–H groups in total. The summed E-state index contributed by atoms with van der Waals surface area (Å²) < 4.78 is 24.4. The van der Waals surface area contributed by atoms with Crippen LogP contribution in [0.15, 0.2) is 53.4 Å². The molecule has 0 aliphatic carbocycles. The van der Waals surface area contributed by atoms with E-state index in [4.69, 9.17) is 0 Å². The molecule has 2 aromatic rings. The predicted octanol–water partition coefficient (Wildman–Crippen LogP) is 1.93. The van der Waals surface area contributed by atoms with Gasteiger partial charge in [-0.1, -0.05) is 24.3 Å². The summed E-state index contributed by atoms with van der Waals surface area (Å²) in [5.41, 5.74) is 2.03. The summed E-state index contributed by atoms with van der Waals surface area (Å²) >= 11 is 0. The minimum atomic E-state index is -3.41. The largest absolute Gasteiger partial charge is 0.508 e. The van der Waals surface area contributed by atoms with Crippen LogP contribution in [-0.2, 0) is 22.8 Å². The Kier molecular flexibility index (Phi) is 4.94. The molecule has 0 atom stereocenters. The molecule has 1 aliphatic heterocycles. The van der Waals surface area contributed by atoms with E-state index in [0.29, 0.717) is 19.5 Å². The number of phenolic OH excluding ortho intramolecular Hbond substituents is 1. The van der Waals surface area contributed by atoms with Crippen molar-refractivity contribution >= 4 is 15.9 Å². The number of fused-ring (bicyclic) bond motifs is 1. The summed E-state index contributed by atoms with van der Waals surface area (Å²) in [6.07, 6.45) is 0.714. The molecule has 2 amide bonds. The number of carbonyl (C=O) groups is 1. The van der Waals surface area contributed by atoms with E-state index in [2.05, 4.69) is 5.32 Å². The van der Waals surface area contributed by atoms with Gasteiger partial charge in [-0.15, -0.1) is 0 Å². The van der Waals surface area contributed by atoms with Crippen molar-refractivity contribution < 1.29 is 18.3 Å². The lowest BCUT2D eigenvalue weighted by atomic mass is 10.00. The minimum Gasteiger partial charge on any atom is -0.508 e. The van der Waals surface area contributed by atoms with E-state index in [1.54, 1.807) is 47.4 Å². The number of nitrogens with zero attached hydrogens (tertiary/aromatic N) is 1. The van der Waals surface area contributed by atoms with E-state index in [1.807, 2.05) is 6.07 Å². The van der Waals surface area contributed by atoms with E-state index in [9.17, 15) is 18.3 Å². The second-order valence-corrected chi connectivity index (χ2v) is 8.10. The summed E-state index contributed by atoms with van der Waals surface area (Å²) in [6, 6.07) is 13.1. The van der Waals surface area contributed by atoms with Crippen LogP contribution in [0.25, 0.3) is 0 Å². The molecule has 3 rings (SSSR count). The van der Waals surface area contributed by atoms with Gasteiger partial charge in [0.15, 0.2) is 9.84 Å². The lowest BCUT2D eigenvalue weighted by Crippen LogP contribution is -2.44. The number of hydrogen-bond donors (Lipinski definition) is 2. The highest BCUT2D eigenvalue weighted by atomic mass is 32.2. The molecule has 0 saturated carbocycles. The van der Waals surface area contributed by atoms with Gasteiger partial charge < -0.3 is 15.3 Å². The highest BCUT2D eigenvalue weighted by Crippen LogP contribution is 2.23. The van der Waals surface area contributed by atoms with Crippen molar-refractivity contribution in [3.8, 4) is 5.75 Å². The van der Waals surface area contributed by atoms with Crippen molar-refractivity contribution in [2.45, 2.75) is 17.9 Å². The summed E-state index contributed by atoms with van der Waals surface area (Å²) in [4.78, 5) is 14.2. The molecule has 0 unspecified atom stereocenters. The smallest absolute Gasteiger partial charge is 0.317 e. The van der Waals surface area contributed by atoms with Crippen molar-refractivity contribution in [2.24, 2.45) is 0 Å². The Hall–Kier alpha value is -2.54. The fraction of sp³-hybridized carbons (Fsp3) is 0.278. The Morgan fingerprint density at radius 3 is 2.64 bits per heavy atom. The van der Waals surface area contributed by atoms with Gasteiger partial charge in [0, 0.05) is 19.6 Å². The highest BCUT2D eigenvalue weighted by molar-refractivity contribution is 7.91. The van der Waals surface area contributed by atoms with Crippen LogP contribution in [0.3, 0.4) is 0 Å². The van der Waals surface area contributed by atoms with Crippen molar-refractivity contribution in [3.05, 3.63) is 59.7 Å². The Balaban J connectivity index is 1.55. The molecule has 0 bridgehead atoms. The molecule has 132 valence electrons. The summed E-state index contributed by atoms with van der Waals surface area (Å²) in [5, 5.41) is 12.2. The van der Waals surface area contributed by atoms with Crippen molar-refractivity contribution in [1.29, 1.82) is 0 Å². The molecule has 0 aromatic heterocycles. The van der Waals surface area contributed by atoms with Gasteiger partial charge in [0.1, 0.15) is 5.75 Å². The number of sulfone groups is 1. The molecule has 1 aliphatic rings. The molecule has 0 fully saturated rings. The zero-order valence-corrected chi connectivity index (χ0v) is 14.5. The highest BCUT2D eigenvalue weighted by Gasteiger charge is 2.21. The van der Waals surface area contributed by atoms with Crippen molar-refractivity contribution in [3.63, 3.8) is 0 Å². The van der Waals surface area contributed by atoms with Gasteiger partial charge in [0.2, 0.25) is 0 Å². The van der Waals surface area contributed by atoms with Crippen LogP contribution in [0.2, 0.25) is 0 Å². The fourth-order valence-corrected chi connectivity index (χ4v) is 4.04. The normalized spacial score (nSPS) is 14.0. The van der Waals surface area contributed by atoms with E-state index in [1.165, 1.54) is 0 Å². The lowest BCUT2D eigenvalue weighted by molar-refractivity contribution is 0.193. The van der Waals surface area contributed by atoms with E-state index in [-0.39, 0.29) is 29.0 Å². The number of amides is 2. The van der Waals surface area contributed by atoms with Gasteiger partial charge in [-0.3, -0.25) is 0 Å². The Bertz CT molecular complexity index is 866. The fourth-order valence-electron chi connectivity index (χ4n) is 2.87. The number of urea groups is 1. The number of phenols is 1. The first-order valence-electron chi connectivity index (χ1n) is 8.07. The van der Waals surface area contributed by atoms with E-state index < -0.39 is 9.84 Å². The number of rotatable bonds is 4. The molecular weight excluding hydrogens is 340 g/mol. The Morgan fingerprint density at radius 1 is 1.12 bits per heavy atom. The number of benzene rings is 2. The number of aromatic hydroxyl groups is 1. The van der Waals surface area contributed by atoms with Crippen LogP contribution in [0.4, 0.5) is 4.79 Å². The average molecular weight is 360 g/mol. The molecule has 0 saturated heterocycles. The Labute approximate surface area is 147 Å². The summed E-state index contributed by atoms with van der Waals surface area (Å²) in [7, 11) is -3.41.